The molecule has 0 unspecified atom stereocenters. The molecule has 0 amide bonds. The second-order valence-electron chi connectivity index (χ2n) is 7.37. The summed E-state index contributed by atoms with van der Waals surface area (Å²) in [5.74, 6) is 1.33. The third kappa shape index (κ3) is 9.94. The lowest BCUT2D eigenvalue weighted by Crippen LogP contribution is -2.16. The summed E-state index contributed by atoms with van der Waals surface area (Å²) >= 11 is 0. The van der Waals surface area contributed by atoms with E-state index in [9.17, 15) is 0 Å². The molecule has 2 aromatic rings. The van der Waals surface area contributed by atoms with E-state index in [2.05, 4.69) is 6.58 Å². The fourth-order valence-corrected chi connectivity index (χ4v) is 3.09. The summed E-state index contributed by atoms with van der Waals surface area (Å²) in [5.41, 5.74) is 3.21. The lowest BCUT2D eigenvalue weighted by molar-refractivity contribution is -0.00843. The van der Waals surface area contributed by atoms with Crippen LogP contribution in [0, 0.1) is 0 Å². The predicted molar refractivity (Wildman–Crippen MR) is 126 cm³/mol. The second-order valence-corrected chi connectivity index (χ2v) is 7.37. The van der Waals surface area contributed by atoms with Crippen molar-refractivity contribution in [2.24, 2.45) is 0 Å². The minimum Gasteiger partial charge on any atom is -0.487 e. The third-order valence-electron chi connectivity index (χ3n) is 4.85. The van der Waals surface area contributed by atoms with Crippen LogP contribution in [0.1, 0.15) is 16.7 Å². The molecule has 0 saturated heterocycles. The number of ether oxygens (including phenoxy) is 7. The molecule has 1 aliphatic rings. The van der Waals surface area contributed by atoms with Crippen molar-refractivity contribution in [3.05, 3.63) is 65.7 Å². The Morgan fingerprint density at radius 1 is 0.606 bits per heavy atom. The van der Waals surface area contributed by atoms with E-state index in [0.29, 0.717) is 90.8 Å². The van der Waals surface area contributed by atoms with Crippen LogP contribution < -0.4 is 9.47 Å². The van der Waals surface area contributed by atoms with Crippen molar-refractivity contribution in [1.82, 2.24) is 0 Å². The van der Waals surface area contributed by atoms with Gasteiger partial charge in [0, 0.05) is 0 Å². The highest BCUT2D eigenvalue weighted by atomic mass is 16.6. The van der Waals surface area contributed by atoms with Gasteiger partial charge in [-0.15, -0.1) is 0 Å². The molecule has 0 aromatic heterocycles. The summed E-state index contributed by atoms with van der Waals surface area (Å²) in [4.78, 5) is 0. The smallest absolute Gasteiger partial charge is 0.161 e. The van der Waals surface area contributed by atoms with E-state index in [1.807, 2.05) is 48.5 Å². The number of hydrogen-bond donors (Lipinski definition) is 0. The number of benzene rings is 2. The molecule has 0 radical (unpaired) electrons. The molecule has 7 nitrogen and oxygen atoms in total. The Kier molecular flexibility index (Phi) is 11.8. The molecule has 0 aliphatic carbocycles. The minimum atomic E-state index is 0.413. The maximum atomic E-state index is 5.95. The molecule has 0 spiro atoms. The molecule has 180 valence electrons. The summed E-state index contributed by atoms with van der Waals surface area (Å²) in [5, 5.41) is 0. The molecular formula is C26H34O7. The molecule has 0 saturated carbocycles. The fourth-order valence-electron chi connectivity index (χ4n) is 3.09. The molecule has 0 fully saturated rings. The molecule has 0 atom stereocenters. The van der Waals surface area contributed by atoms with Gasteiger partial charge in [-0.1, -0.05) is 43.0 Å². The van der Waals surface area contributed by atoms with Crippen molar-refractivity contribution in [2.45, 2.75) is 13.2 Å². The molecule has 1 heterocycles. The minimum absolute atomic E-state index is 0.413. The Bertz CT molecular complexity index is 807. The topological polar surface area (TPSA) is 64.6 Å². The standard InChI is InChI=1S/C26H34O7/c1-2-22-3-5-23(6-4-22)20-31-21-24-7-8-25-26(19-24)33-18-16-30-14-12-28-10-9-27-11-13-29-15-17-32-25/h2-8,19H,1,9-18,20-21H2. The quantitative estimate of drug-likeness (QED) is 0.674. The van der Waals surface area contributed by atoms with Crippen molar-refractivity contribution in [1.29, 1.82) is 0 Å². The van der Waals surface area contributed by atoms with Gasteiger partial charge in [0.2, 0.25) is 0 Å². The van der Waals surface area contributed by atoms with Crippen molar-refractivity contribution >= 4 is 6.08 Å². The van der Waals surface area contributed by atoms with Gasteiger partial charge in [0.1, 0.15) is 13.2 Å². The van der Waals surface area contributed by atoms with Crippen LogP contribution in [-0.4, -0.2) is 66.1 Å². The van der Waals surface area contributed by atoms with Crippen molar-refractivity contribution in [3.8, 4) is 11.5 Å². The zero-order valence-corrected chi connectivity index (χ0v) is 19.2. The first-order valence-electron chi connectivity index (χ1n) is 11.3. The van der Waals surface area contributed by atoms with Gasteiger partial charge in [0.15, 0.2) is 11.5 Å². The van der Waals surface area contributed by atoms with Crippen molar-refractivity contribution in [3.63, 3.8) is 0 Å². The van der Waals surface area contributed by atoms with Crippen LogP contribution in [0.25, 0.3) is 6.08 Å². The van der Waals surface area contributed by atoms with E-state index in [4.69, 9.17) is 33.2 Å². The first kappa shape index (κ1) is 25.2. The lowest BCUT2D eigenvalue weighted by Gasteiger charge is -2.15. The van der Waals surface area contributed by atoms with E-state index in [1.165, 1.54) is 0 Å². The Labute approximate surface area is 196 Å². The number of rotatable bonds is 5. The van der Waals surface area contributed by atoms with Crippen LogP contribution in [0.5, 0.6) is 11.5 Å². The molecule has 0 N–H and O–H groups in total. The van der Waals surface area contributed by atoms with Crippen LogP contribution in [0.3, 0.4) is 0 Å². The van der Waals surface area contributed by atoms with Gasteiger partial charge < -0.3 is 33.2 Å². The summed E-state index contributed by atoms with van der Waals surface area (Å²) < 4.78 is 39.8. The maximum Gasteiger partial charge on any atom is 0.161 e. The number of hydrogen-bond acceptors (Lipinski definition) is 7. The molecule has 3 rings (SSSR count). The molecule has 0 bridgehead atoms. The second kappa shape index (κ2) is 15.4. The highest BCUT2D eigenvalue weighted by Gasteiger charge is 2.08. The zero-order valence-electron chi connectivity index (χ0n) is 19.2. The van der Waals surface area contributed by atoms with Crippen LogP contribution in [0.15, 0.2) is 49.0 Å². The monoisotopic (exact) mass is 458 g/mol. The van der Waals surface area contributed by atoms with Gasteiger partial charge in [-0.05, 0) is 28.8 Å². The van der Waals surface area contributed by atoms with Crippen molar-refractivity contribution < 1.29 is 33.2 Å². The van der Waals surface area contributed by atoms with E-state index >= 15 is 0 Å². The van der Waals surface area contributed by atoms with E-state index in [0.717, 1.165) is 16.7 Å². The molecular weight excluding hydrogens is 424 g/mol. The Balaban J connectivity index is 1.53. The van der Waals surface area contributed by atoms with Gasteiger partial charge in [-0.3, -0.25) is 0 Å². The molecule has 1 aliphatic heterocycles. The van der Waals surface area contributed by atoms with Crippen LogP contribution in [0.4, 0.5) is 0 Å². The first-order chi connectivity index (χ1) is 16.3. The summed E-state index contributed by atoms with van der Waals surface area (Å²) in [6.07, 6.45) is 1.83. The highest BCUT2D eigenvalue weighted by molar-refractivity contribution is 5.47. The van der Waals surface area contributed by atoms with E-state index in [1.54, 1.807) is 0 Å². The third-order valence-corrected chi connectivity index (χ3v) is 4.85. The Hall–Kier alpha value is -2.42. The maximum absolute atomic E-state index is 5.95. The SMILES string of the molecule is C=Cc1ccc(COCc2ccc3c(c2)OCCOCCOCCOCCOCCO3)cc1. The average Bonchev–Trinajstić information content (AvgIpc) is 2.84. The largest absolute Gasteiger partial charge is 0.487 e. The fraction of sp³-hybridized carbons (Fsp3) is 0.462. The molecule has 7 heteroatoms. The van der Waals surface area contributed by atoms with Crippen LogP contribution in [0.2, 0.25) is 0 Å². The van der Waals surface area contributed by atoms with Gasteiger partial charge in [0.25, 0.3) is 0 Å². The summed E-state index contributed by atoms with van der Waals surface area (Å²) in [7, 11) is 0. The van der Waals surface area contributed by atoms with Crippen LogP contribution >= 0.6 is 0 Å². The first-order valence-corrected chi connectivity index (χ1v) is 11.3. The van der Waals surface area contributed by atoms with Gasteiger partial charge in [-0.25, -0.2) is 0 Å². The number of fused-ring (bicyclic) bond motifs is 1. The van der Waals surface area contributed by atoms with Gasteiger partial charge in [0.05, 0.1) is 66.1 Å². The Morgan fingerprint density at radius 2 is 1.09 bits per heavy atom. The van der Waals surface area contributed by atoms with E-state index < -0.39 is 0 Å². The molecule has 2 aromatic carbocycles. The summed E-state index contributed by atoms with van der Waals surface area (Å²) in [6, 6.07) is 14.0. The Morgan fingerprint density at radius 3 is 1.67 bits per heavy atom. The molecule has 33 heavy (non-hydrogen) atoms. The lowest BCUT2D eigenvalue weighted by atomic mass is 10.1. The average molecular weight is 459 g/mol. The predicted octanol–water partition coefficient (Wildman–Crippen LogP) is 3.88. The van der Waals surface area contributed by atoms with E-state index in [-0.39, 0.29) is 0 Å². The van der Waals surface area contributed by atoms with Gasteiger partial charge >= 0.3 is 0 Å². The zero-order chi connectivity index (χ0) is 23.0. The summed E-state index contributed by atoms with van der Waals surface area (Å²) in [6.45, 7) is 9.71. The van der Waals surface area contributed by atoms with Gasteiger partial charge in [-0.2, -0.15) is 0 Å². The normalized spacial score (nSPS) is 17.0. The highest BCUT2D eigenvalue weighted by Crippen LogP contribution is 2.29. The van der Waals surface area contributed by atoms with Crippen LogP contribution in [-0.2, 0) is 36.9 Å². The van der Waals surface area contributed by atoms with Crippen molar-refractivity contribution in [2.75, 3.05) is 66.1 Å².